The predicted molar refractivity (Wildman–Crippen MR) is 88.1 cm³/mol. The molecule has 1 aromatic carbocycles. The maximum atomic E-state index is 12.4. The lowest BCUT2D eigenvalue weighted by Gasteiger charge is -2.29. The van der Waals surface area contributed by atoms with Crippen molar-refractivity contribution >= 4 is 11.9 Å². The van der Waals surface area contributed by atoms with E-state index < -0.39 is 11.5 Å². The molecule has 1 aliphatic rings. The molecular weight excluding hydrogens is 292 g/mol. The third-order valence-electron chi connectivity index (χ3n) is 4.42. The number of aryl methyl sites for hydroxylation is 1. The topological polar surface area (TPSA) is 52.6 Å². The van der Waals surface area contributed by atoms with Crippen LogP contribution in [0.2, 0.25) is 0 Å². The first-order valence-corrected chi connectivity index (χ1v) is 8.28. The van der Waals surface area contributed by atoms with Gasteiger partial charge in [0.15, 0.2) is 0 Å². The zero-order chi connectivity index (χ0) is 17.0. The highest BCUT2D eigenvalue weighted by molar-refractivity contribution is 5.90. The Morgan fingerprint density at radius 3 is 2.52 bits per heavy atom. The lowest BCUT2D eigenvalue weighted by atomic mass is 9.86. The van der Waals surface area contributed by atoms with E-state index in [9.17, 15) is 9.59 Å². The summed E-state index contributed by atoms with van der Waals surface area (Å²) in [6, 6.07) is 7.25. The van der Waals surface area contributed by atoms with E-state index >= 15 is 0 Å². The summed E-state index contributed by atoms with van der Waals surface area (Å²) in [5, 5.41) is 0. The summed E-state index contributed by atoms with van der Waals surface area (Å²) >= 11 is 0. The molecule has 0 saturated heterocycles. The van der Waals surface area contributed by atoms with Crippen LogP contribution in [0.1, 0.15) is 56.0 Å². The highest BCUT2D eigenvalue weighted by atomic mass is 16.6. The van der Waals surface area contributed by atoms with Crippen LogP contribution in [0.5, 0.6) is 0 Å². The van der Waals surface area contributed by atoms with E-state index in [-0.39, 0.29) is 17.9 Å². The number of benzene rings is 1. The van der Waals surface area contributed by atoms with E-state index in [1.807, 2.05) is 39.8 Å². The first-order valence-electron chi connectivity index (χ1n) is 8.28. The fourth-order valence-corrected chi connectivity index (χ4v) is 2.85. The van der Waals surface area contributed by atoms with Gasteiger partial charge in [-0.3, -0.25) is 4.79 Å². The molecule has 1 fully saturated rings. The zero-order valence-corrected chi connectivity index (χ0v) is 14.4. The average molecular weight is 318 g/mol. The quantitative estimate of drug-likeness (QED) is 0.772. The van der Waals surface area contributed by atoms with Crippen LogP contribution in [-0.4, -0.2) is 24.6 Å². The van der Waals surface area contributed by atoms with E-state index in [4.69, 9.17) is 9.47 Å². The average Bonchev–Trinajstić information content (AvgIpc) is 2.87. The van der Waals surface area contributed by atoms with Gasteiger partial charge in [-0.05, 0) is 51.2 Å². The first kappa shape index (κ1) is 17.5. The summed E-state index contributed by atoms with van der Waals surface area (Å²) in [5.41, 5.74) is 0.861. The lowest BCUT2D eigenvalue weighted by Crippen LogP contribution is -2.40. The molecule has 1 aliphatic carbocycles. The maximum absolute atomic E-state index is 12.4. The van der Waals surface area contributed by atoms with Gasteiger partial charge in [0, 0.05) is 0 Å². The highest BCUT2D eigenvalue weighted by Crippen LogP contribution is 2.41. The van der Waals surface area contributed by atoms with E-state index in [1.54, 1.807) is 12.1 Å². The fraction of sp³-hybridized carbons (Fsp3) is 0.579. The largest absolute Gasteiger partial charge is 0.465 e. The van der Waals surface area contributed by atoms with Crippen molar-refractivity contribution in [1.29, 1.82) is 0 Å². The standard InChI is InChI=1S/C19H26O4/c1-13(2)12-22-18(21)19(4)11-5-6-16(19)23-17(20)15-9-7-14(3)8-10-15/h7-10,13,16H,5-6,11-12H2,1-4H3. The number of ether oxygens (including phenoxy) is 2. The summed E-state index contributed by atoms with van der Waals surface area (Å²) in [5.74, 6) is -0.345. The van der Waals surface area contributed by atoms with Crippen LogP contribution in [0.4, 0.5) is 0 Å². The predicted octanol–water partition coefficient (Wildman–Crippen LogP) is 3.91. The van der Waals surface area contributed by atoms with Gasteiger partial charge in [-0.1, -0.05) is 31.5 Å². The molecule has 23 heavy (non-hydrogen) atoms. The lowest BCUT2D eigenvalue weighted by molar-refractivity contribution is -0.161. The molecule has 0 amide bonds. The molecule has 0 aliphatic heterocycles. The second kappa shape index (κ2) is 7.16. The summed E-state index contributed by atoms with van der Waals surface area (Å²) in [6.45, 7) is 8.20. The number of hydrogen-bond acceptors (Lipinski definition) is 4. The van der Waals surface area contributed by atoms with Crippen molar-refractivity contribution in [3.05, 3.63) is 35.4 Å². The Hall–Kier alpha value is -1.84. The van der Waals surface area contributed by atoms with Crippen molar-refractivity contribution in [2.75, 3.05) is 6.61 Å². The normalized spacial score (nSPS) is 23.8. The molecule has 0 N–H and O–H groups in total. The second-order valence-electron chi connectivity index (χ2n) is 7.06. The smallest absolute Gasteiger partial charge is 0.338 e. The number of esters is 2. The third kappa shape index (κ3) is 4.12. The van der Waals surface area contributed by atoms with Gasteiger partial charge in [-0.15, -0.1) is 0 Å². The molecule has 2 rings (SSSR count). The maximum Gasteiger partial charge on any atom is 0.338 e. The van der Waals surface area contributed by atoms with Crippen molar-refractivity contribution in [2.24, 2.45) is 11.3 Å². The van der Waals surface area contributed by atoms with Crippen molar-refractivity contribution in [3.8, 4) is 0 Å². The van der Waals surface area contributed by atoms with Crippen molar-refractivity contribution in [1.82, 2.24) is 0 Å². The Morgan fingerprint density at radius 2 is 1.91 bits per heavy atom. The Bertz CT molecular complexity index is 561. The van der Waals surface area contributed by atoms with E-state index in [2.05, 4.69) is 0 Å². The molecule has 126 valence electrons. The van der Waals surface area contributed by atoms with Crippen molar-refractivity contribution in [2.45, 2.75) is 53.1 Å². The molecule has 2 unspecified atom stereocenters. The Labute approximate surface area is 138 Å². The van der Waals surface area contributed by atoms with Gasteiger partial charge in [0.25, 0.3) is 0 Å². The molecule has 0 bridgehead atoms. The Morgan fingerprint density at radius 1 is 1.26 bits per heavy atom. The second-order valence-corrected chi connectivity index (χ2v) is 7.06. The molecule has 0 aromatic heterocycles. The molecule has 4 heteroatoms. The summed E-state index contributed by atoms with van der Waals surface area (Å²) in [6.07, 6.45) is 1.83. The minimum absolute atomic E-state index is 0.259. The van der Waals surface area contributed by atoms with Gasteiger partial charge in [-0.2, -0.15) is 0 Å². The van der Waals surface area contributed by atoms with Crippen LogP contribution in [0.3, 0.4) is 0 Å². The van der Waals surface area contributed by atoms with Crippen LogP contribution in [-0.2, 0) is 14.3 Å². The van der Waals surface area contributed by atoms with Crippen molar-refractivity contribution in [3.63, 3.8) is 0 Å². The molecule has 0 radical (unpaired) electrons. The number of rotatable bonds is 5. The molecule has 0 heterocycles. The first-order chi connectivity index (χ1) is 10.8. The van der Waals surface area contributed by atoms with Crippen LogP contribution >= 0.6 is 0 Å². The van der Waals surface area contributed by atoms with Crippen LogP contribution in [0.15, 0.2) is 24.3 Å². The fourth-order valence-electron chi connectivity index (χ4n) is 2.85. The zero-order valence-electron chi connectivity index (χ0n) is 14.4. The van der Waals surface area contributed by atoms with E-state index in [0.29, 0.717) is 25.0 Å². The van der Waals surface area contributed by atoms with Gasteiger partial charge >= 0.3 is 11.9 Å². The molecule has 2 atom stereocenters. The monoisotopic (exact) mass is 318 g/mol. The van der Waals surface area contributed by atoms with Crippen LogP contribution in [0.25, 0.3) is 0 Å². The number of hydrogen-bond donors (Lipinski definition) is 0. The van der Waals surface area contributed by atoms with Gasteiger partial charge in [0.1, 0.15) is 11.5 Å². The van der Waals surface area contributed by atoms with Crippen LogP contribution < -0.4 is 0 Å². The van der Waals surface area contributed by atoms with Gasteiger partial charge < -0.3 is 9.47 Å². The Kier molecular flexibility index (Phi) is 5.45. The van der Waals surface area contributed by atoms with Crippen LogP contribution in [0, 0.1) is 18.3 Å². The summed E-state index contributed by atoms with van der Waals surface area (Å²) in [7, 11) is 0. The summed E-state index contributed by atoms with van der Waals surface area (Å²) in [4.78, 5) is 24.7. The summed E-state index contributed by atoms with van der Waals surface area (Å²) < 4.78 is 11.0. The van der Waals surface area contributed by atoms with Crippen molar-refractivity contribution < 1.29 is 19.1 Å². The SMILES string of the molecule is Cc1ccc(C(=O)OC2CCCC2(C)C(=O)OCC(C)C)cc1. The highest BCUT2D eigenvalue weighted by Gasteiger charge is 2.48. The molecule has 0 spiro atoms. The van der Waals surface area contributed by atoms with Gasteiger partial charge in [0.2, 0.25) is 0 Å². The van der Waals surface area contributed by atoms with Gasteiger partial charge in [-0.25, -0.2) is 4.79 Å². The molecular formula is C19H26O4. The molecule has 1 saturated carbocycles. The minimum atomic E-state index is -0.741. The minimum Gasteiger partial charge on any atom is -0.465 e. The molecule has 4 nitrogen and oxygen atoms in total. The number of carbonyl (C=O) groups is 2. The Balaban J connectivity index is 2.04. The van der Waals surface area contributed by atoms with E-state index in [1.165, 1.54) is 0 Å². The number of carbonyl (C=O) groups excluding carboxylic acids is 2. The van der Waals surface area contributed by atoms with Gasteiger partial charge in [0.05, 0.1) is 12.2 Å². The molecule has 1 aromatic rings. The van der Waals surface area contributed by atoms with E-state index in [0.717, 1.165) is 12.0 Å². The third-order valence-corrected chi connectivity index (χ3v) is 4.42.